The maximum atomic E-state index is 5.56. The molecule has 2 nitrogen and oxygen atoms in total. The van der Waals surface area contributed by atoms with E-state index >= 15 is 0 Å². The standard InChI is InChI=1S/C13H18N2/c1-10(14)8-11-2-4-12(5-3-11)9-15-13-6-7-13/h2-5,13,15H,1,6-9,14H2. The molecule has 0 amide bonds. The van der Waals surface area contributed by atoms with E-state index in [1.165, 1.54) is 24.0 Å². The largest absolute Gasteiger partial charge is 0.402 e. The zero-order chi connectivity index (χ0) is 10.7. The summed E-state index contributed by atoms with van der Waals surface area (Å²) in [6, 6.07) is 9.35. The quantitative estimate of drug-likeness (QED) is 0.766. The Balaban J connectivity index is 1.87. The highest BCUT2D eigenvalue weighted by Crippen LogP contribution is 2.19. The molecule has 0 saturated heterocycles. The van der Waals surface area contributed by atoms with Crippen LogP contribution in [-0.2, 0) is 13.0 Å². The topological polar surface area (TPSA) is 38.0 Å². The molecule has 1 aromatic carbocycles. The summed E-state index contributed by atoms with van der Waals surface area (Å²) >= 11 is 0. The molecule has 15 heavy (non-hydrogen) atoms. The van der Waals surface area contributed by atoms with Crippen LogP contribution in [0.25, 0.3) is 0 Å². The highest BCUT2D eigenvalue weighted by Gasteiger charge is 2.19. The van der Waals surface area contributed by atoms with Gasteiger partial charge in [0.1, 0.15) is 0 Å². The van der Waals surface area contributed by atoms with Crippen molar-refractivity contribution in [2.45, 2.75) is 31.8 Å². The maximum absolute atomic E-state index is 5.56. The van der Waals surface area contributed by atoms with Crippen LogP contribution in [0.5, 0.6) is 0 Å². The summed E-state index contributed by atoms with van der Waals surface area (Å²) in [6.07, 6.45) is 3.45. The van der Waals surface area contributed by atoms with Crippen molar-refractivity contribution < 1.29 is 0 Å². The van der Waals surface area contributed by atoms with Gasteiger partial charge in [-0.3, -0.25) is 0 Å². The molecule has 3 N–H and O–H groups in total. The molecule has 0 spiro atoms. The Labute approximate surface area is 91.2 Å². The summed E-state index contributed by atoms with van der Waals surface area (Å²) in [5, 5.41) is 3.49. The van der Waals surface area contributed by atoms with Crippen molar-refractivity contribution in [3.63, 3.8) is 0 Å². The summed E-state index contributed by atoms with van der Waals surface area (Å²) in [5.74, 6) is 0. The van der Waals surface area contributed by atoms with E-state index in [0.29, 0.717) is 0 Å². The molecule has 0 bridgehead atoms. The van der Waals surface area contributed by atoms with Crippen molar-refractivity contribution in [2.24, 2.45) is 5.73 Å². The number of benzene rings is 1. The maximum Gasteiger partial charge on any atom is 0.0208 e. The Hall–Kier alpha value is -1.28. The van der Waals surface area contributed by atoms with E-state index in [-0.39, 0.29) is 0 Å². The molecular weight excluding hydrogens is 184 g/mol. The van der Waals surface area contributed by atoms with Crippen LogP contribution in [0.2, 0.25) is 0 Å². The van der Waals surface area contributed by atoms with Crippen LogP contribution in [-0.4, -0.2) is 6.04 Å². The molecule has 0 aromatic heterocycles. The van der Waals surface area contributed by atoms with E-state index in [1.54, 1.807) is 0 Å². The second-order valence-electron chi connectivity index (χ2n) is 4.31. The second kappa shape index (κ2) is 4.49. The van der Waals surface area contributed by atoms with E-state index < -0.39 is 0 Å². The number of nitrogens with two attached hydrogens (primary N) is 1. The molecule has 0 radical (unpaired) electrons. The zero-order valence-electron chi connectivity index (χ0n) is 9.00. The average molecular weight is 202 g/mol. The Kier molecular flexibility index (Phi) is 3.07. The number of hydrogen-bond acceptors (Lipinski definition) is 2. The molecule has 2 heteroatoms. The van der Waals surface area contributed by atoms with Crippen molar-refractivity contribution in [3.05, 3.63) is 47.7 Å². The minimum atomic E-state index is 0.721. The average Bonchev–Trinajstić information content (AvgIpc) is 2.99. The third kappa shape index (κ3) is 3.40. The van der Waals surface area contributed by atoms with Crippen molar-refractivity contribution >= 4 is 0 Å². The number of allylic oxidation sites excluding steroid dienone is 1. The lowest BCUT2D eigenvalue weighted by Gasteiger charge is -2.05. The molecule has 1 fully saturated rings. The fourth-order valence-electron chi connectivity index (χ4n) is 1.59. The minimum absolute atomic E-state index is 0.721. The van der Waals surface area contributed by atoms with Crippen molar-refractivity contribution in [2.75, 3.05) is 0 Å². The normalized spacial score (nSPS) is 15.2. The first kappa shape index (κ1) is 10.2. The summed E-state index contributed by atoms with van der Waals surface area (Å²) in [6.45, 7) is 4.69. The van der Waals surface area contributed by atoms with Gasteiger partial charge in [-0.25, -0.2) is 0 Å². The fourth-order valence-corrected chi connectivity index (χ4v) is 1.59. The molecule has 0 heterocycles. The summed E-state index contributed by atoms with van der Waals surface area (Å²) in [7, 11) is 0. The lowest BCUT2D eigenvalue weighted by Crippen LogP contribution is -2.15. The summed E-state index contributed by atoms with van der Waals surface area (Å²) in [4.78, 5) is 0. The molecule has 1 aliphatic carbocycles. The first-order valence-electron chi connectivity index (χ1n) is 5.48. The van der Waals surface area contributed by atoms with Gasteiger partial charge in [0.2, 0.25) is 0 Å². The zero-order valence-corrected chi connectivity index (χ0v) is 9.00. The summed E-state index contributed by atoms with van der Waals surface area (Å²) < 4.78 is 0. The van der Waals surface area contributed by atoms with Gasteiger partial charge in [0.25, 0.3) is 0 Å². The molecule has 1 aliphatic rings. The number of rotatable bonds is 5. The Morgan fingerprint density at radius 3 is 2.40 bits per heavy atom. The summed E-state index contributed by atoms with van der Waals surface area (Å²) in [5.41, 5.74) is 8.86. The fraction of sp³-hybridized carbons (Fsp3) is 0.385. The number of nitrogens with one attached hydrogen (secondary N) is 1. The highest BCUT2D eigenvalue weighted by atomic mass is 14.9. The van der Waals surface area contributed by atoms with E-state index in [2.05, 4.69) is 36.2 Å². The first-order valence-corrected chi connectivity index (χ1v) is 5.48. The SMILES string of the molecule is C=C(N)Cc1ccc(CNC2CC2)cc1. The molecule has 1 aromatic rings. The van der Waals surface area contributed by atoms with Gasteiger partial charge in [0.05, 0.1) is 0 Å². The van der Waals surface area contributed by atoms with Crippen molar-refractivity contribution in [1.82, 2.24) is 5.32 Å². The number of hydrogen-bond donors (Lipinski definition) is 2. The van der Waals surface area contributed by atoms with Crippen LogP contribution in [0.3, 0.4) is 0 Å². The van der Waals surface area contributed by atoms with Crippen LogP contribution >= 0.6 is 0 Å². The third-order valence-electron chi connectivity index (χ3n) is 2.63. The van der Waals surface area contributed by atoms with E-state index in [4.69, 9.17) is 5.73 Å². The van der Waals surface area contributed by atoms with E-state index in [1.807, 2.05) is 0 Å². The van der Waals surface area contributed by atoms with Gasteiger partial charge in [-0.15, -0.1) is 0 Å². The highest BCUT2D eigenvalue weighted by molar-refractivity contribution is 5.25. The van der Waals surface area contributed by atoms with E-state index in [0.717, 1.165) is 24.7 Å². The smallest absolute Gasteiger partial charge is 0.0208 e. The molecular formula is C13H18N2. The van der Waals surface area contributed by atoms with Gasteiger partial charge >= 0.3 is 0 Å². The van der Waals surface area contributed by atoms with Gasteiger partial charge in [0, 0.05) is 24.7 Å². The lowest BCUT2D eigenvalue weighted by molar-refractivity contribution is 0.687. The third-order valence-corrected chi connectivity index (χ3v) is 2.63. The second-order valence-corrected chi connectivity index (χ2v) is 4.31. The van der Waals surface area contributed by atoms with Crippen molar-refractivity contribution in [1.29, 1.82) is 0 Å². The van der Waals surface area contributed by atoms with Gasteiger partial charge in [-0.05, 0) is 24.0 Å². The monoisotopic (exact) mass is 202 g/mol. The van der Waals surface area contributed by atoms with E-state index in [9.17, 15) is 0 Å². The Morgan fingerprint density at radius 2 is 1.87 bits per heavy atom. The van der Waals surface area contributed by atoms with Gasteiger partial charge in [-0.1, -0.05) is 30.8 Å². The van der Waals surface area contributed by atoms with Gasteiger partial charge in [0.15, 0.2) is 0 Å². The van der Waals surface area contributed by atoms with Gasteiger partial charge in [-0.2, -0.15) is 0 Å². The van der Waals surface area contributed by atoms with Crippen LogP contribution in [0, 0.1) is 0 Å². The molecule has 0 aliphatic heterocycles. The predicted molar refractivity (Wildman–Crippen MR) is 63.3 cm³/mol. The van der Waals surface area contributed by atoms with Crippen molar-refractivity contribution in [3.8, 4) is 0 Å². The molecule has 1 saturated carbocycles. The van der Waals surface area contributed by atoms with Crippen LogP contribution < -0.4 is 11.1 Å². The molecule has 0 atom stereocenters. The molecule has 80 valence electrons. The lowest BCUT2D eigenvalue weighted by atomic mass is 10.1. The van der Waals surface area contributed by atoms with Crippen LogP contribution in [0.15, 0.2) is 36.5 Å². The Morgan fingerprint density at radius 1 is 1.27 bits per heavy atom. The van der Waals surface area contributed by atoms with Crippen LogP contribution in [0.4, 0.5) is 0 Å². The molecule has 2 rings (SSSR count). The first-order chi connectivity index (χ1) is 7.24. The van der Waals surface area contributed by atoms with Crippen LogP contribution in [0.1, 0.15) is 24.0 Å². The molecule has 0 unspecified atom stereocenters. The predicted octanol–water partition coefficient (Wildman–Crippen LogP) is 1.95. The van der Waals surface area contributed by atoms with Gasteiger partial charge < -0.3 is 11.1 Å². The minimum Gasteiger partial charge on any atom is -0.402 e. The Bertz CT molecular complexity index is 336.